The number of nitro benzene ring substituents is 1. The molecule has 0 heterocycles. The van der Waals surface area contributed by atoms with E-state index in [4.69, 9.17) is 4.74 Å². The zero-order valence-electron chi connectivity index (χ0n) is 13.7. The molecule has 2 aromatic carbocycles. The van der Waals surface area contributed by atoms with Crippen LogP contribution in [0.2, 0.25) is 0 Å². The fraction of sp³-hybridized carbons (Fsp3) is 0.176. The highest BCUT2D eigenvalue weighted by molar-refractivity contribution is 5.87. The maximum Gasteiger partial charge on any atom is 0.278 e. The Morgan fingerprint density at radius 1 is 1.32 bits per heavy atom. The number of carbonyl (C=O) groups excluding carboxylic acids is 1. The zero-order valence-corrected chi connectivity index (χ0v) is 13.7. The van der Waals surface area contributed by atoms with Gasteiger partial charge in [0.25, 0.3) is 11.6 Å². The number of nitro groups is 1. The lowest BCUT2D eigenvalue weighted by molar-refractivity contribution is -0.385. The van der Waals surface area contributed by atoms with Crippen LogP contribution in [0.3, 0.4) is 0 Å². The summed E-state index contributed by atoms with van der Waals surface area (Å²) >= 11 is 0. The van der Waals surface area contributed by atoms with Crippen molar-refractivity contribution in [2.45, 2.75) is 13.8 Å². The summed E-state index contributed by atoms with van der Waals surface area (Å²) in [7, 11) is 0. The Hall–Kier alpha value is -3.42. The number of aromatic hydroxyl groups is 1. The second kappa shape index (κ2) is 7.91. The largest absolute Gasteiger partial charge is 0.508 e. The molecule has 0 aromatic heterocycles. The molecule has 2 rings (SSSR count). The summed E-state index contributed by atoms with van der Waals surface area (Å²) in [5.41, 5.74) is 3.97. The number of hydrazone groups is 1. The molecule has 1 amide bonds. The predicted molar refractivity (Wildman–Crippen MR) is 91.9 cm³/mol. The summed E-state index contributed by atoms with van der Waals surface area (Å²) in [6, 6.07) is 9.19. The molecule has 2 aromatic rings. The highest BCUT2D eigenvalue weighted by Gasteiger charge is 2.12. The van der Waals surface area contributed by atoms with E-state index in [9.17, 15) is 20.0 Å². The van der Waals surface area contributed by atoms with Gasteiger partial charge in [-0.05, 0) is 43.2 Å². The van der Waals surface area contributed by atoms with Crippen LogP contribution in [-0.4, -0.2) is 28.8 Å². The van der Waals surface area contributed by atoms with Crippen molar-refractivity contribution in [1.29, 1.82) is 0 Å². The average Bonchev–Trinajstić information content (AvgIpc) is 2.55. The van der Waals surface area contributed by atoms with Crippen LogP contribution in [0.1, 0.15) is 16.7 Å². The van der Waals surface area contributed by atoms with E-state index >= 15 is 0 Å². The summed E-state index contributed by atoms with van der Waals surface area (Å²) in [4.78, 5) is 22.1. The molecule has 8 nitrogen and oxygen atoms in total. The Balaban J connectivity index is 1.96. The monoisotopic (exact) mass is 343 g/mol. The SMILES string of the molecule is Cc1ccc(C)c(OCC(=O)NN=Cc2cc(O)ccc2[N+](=O)[O-])c1. The van der Waals surface area contributed by atoms with Crippen molar-refractivity contribution in [1.82, 2.24) is 5.43 Å². The van der Waals surface area contributed by atoms with Gasteiger partial charge in [0, 0.05) is 6.07 Å². The second-order valence-electron chi connectivity index (χ2n) is 5.35. The van der Waals surface area contributed by atoms with Crippen LogP contribution < -0.4 is 10.2 Å². The molecule has 0 aliphatic rings. The fourth-order valence-corrected chi connectivity index (χ4v) is 2.02. The normalized spacial score (nSPS) is 10.6. The Morgan fingerprint density at radius 3 is 2.80 bits per heavy atom. The van der Waals surface area contributed by atoms with Crippen molar-refractivity contribution in [2.24, 2.45) is 5.10 Å². The molecule has 0 atom stereocenters. The van der Waals surface area contributed by atoms with Gasteiger partial charge >= 0.3 is 0 Å². The Labute approximate surface area is 143 Å². The van der Waals surface area contributed by atoms with E-state index in [1.807, 2.05) is 32.0 Å². The maximum absolute atomic E-state index is 11.8. The lowest BCUT2D eigenvalue weighted by atomic mass is 10.1. The molecule has 130 valence electrons. The molecule has 0 saturated carbocycles. The molecule has 25 heavy (non-hydrogen) atoms. The molecule has 0 radical (unpaired) electrons. The van der Waals surface area contributed by atoms with Crippen molar-refractivity contribution in [3.05, 3.63) is 63.2 Å². The standard InChI is InChI=1S/C17H17N3O5/c1-11-3-4-12(2)16(7-11)25-10-17(22)19-18-9-13-8-14(21)5-6-15(13)20(23)24/h3-9,21H,10H2,1-2H3,(H,19,22). The van der Waals surface area contributed by atoms with Gasteiger partial charge in [-0.3, -0.25) is 14.9 Å². The number of hydrogen-bond donors (Lipinski definition) is 2. The predicted octanol–water partition coefficient (Wildman–Crippen LogP) is 2.45. The van der Waals surface area contributed by atoms with Gasteiger partial charge in [-0.15, -0.1) is 0 Å². The number of ether oxygens (including phenoxy) is 1. The van der Waals surface area contributed by atoms with E-state index in [1.165, 1.54) is 12.1 Å². The van der Waals surface area contributed by atoms with Crippen LogP contribution in [0.5, 0.6) is 11.5 Å². The number of aryl methyl sites for hydroxylation is 2. The van der Waals surface area contributed by atoms with E-state index in [2.05, 4.69) is 10.5 Å². The molecular weight excluding hydrogens is 326 g/mol. The molecule has 0 bridgehead atoms. The van der Waals surface area contributed by atoms with Crippen molar-refractivity contribution in [3.63, 3.8) is 0 Å². The van der Waals surface area contributed by atoms with Crippen LogP contribution in [-0.2, 0) is 4.79 Å². The Kier molecular flexibility index (Phi) is 5.67. The number of benzene rings is 2. The van der Waals surface area contributed by atoms with Crippen LogP contribution in [0.4, 0.5) is 5.69 Å². The Bertz CT molecular complexity index is 833. The molecule has 0 aliphatic heterocycles. The van der Waals surface area contributed by atoms with Gasteiger partial charge < -0.3 is 9.84 Å². The third-order valence-electron chi connectivity index (χ3n) is 3.30. The minimum absolute atomic E-state index is 0.0701. The van der Waals surface area contributed by atoms with Gasteiger partial charge in [-0.1, -0.05) is 12.1 Å². The minimum atomic E-state index is -0.605. The number of nitrogens with zero attached hydrogens (tertiary/aromatic N) is 2. The summed E-state index contributed by atoms with van der Waals surface area (Å²) < 4.78 is 5.43. The summed E-state index contributed by atoms with van der Waals surface area (Å²) in [6.45, 7) is 3.54. The number of rotatable bonds is 6. The average molecular weight is 343 g/mol. The molecule has 0 spiro atoms. The third-order valence-corrected chi connectivity index (χ3v) is 3.30. The van der Waals surface area contributed by atoms with E-state index in [0.717, 1.165) is 23.4 Å². The van der Waals surface area contributed by atoms with Crippen molar-refractivity contribution in [3.8, 4) is 11.5 Å². The molecule has 0 saturated heterocycles. The number of carbonyl (C=O) groups is 1. The van der Waals surface area contributed by atoms with Crippen LogP contribution in [0, 0.1) is 24.0 Å². The van der Waals surface area contributed by atoms with E-state index < -0.39 is 10.8 Å². The summed E-state index contributed by atoms with van der Waals surface area (Å²) in [6.07, 6.45) is 1.09. The first-order chi connectivity index (χ1) is 11.9. The number of hydrogen-bond acceptors (Lipinski definition) is 6. The van der Waals surface area contributed by atoms with E-state index in [0.29, 0.717) is 5.75 Å². The smallest absolute Gasteiger partial charge is 0.278 e. The molecule has 0 aliphatic carbocycles. The lowest BCUT2D eigenvalue weighted by Gasteiger charge is -2.08. The third kappa shape index (κ3) is 5.03. The van der Waals surface area contributed by atoms with Gasteiger partial charge in [-0.2, -0.15) is 5.10 Å². The first-order valence-electron chi connectivity index (χ1n) is 7.36. The second-order valence-corrected chi connectivity index (χ2v) is 5.35. The number of nitrogens with one attached hydrogen (secondary N) is 1. The highest BCUT2D eigenvalue weighted by Crippen LogP contribution is 2.21. The van der Waals surface area contributed by atoms with Gasteiger partial charge in [0.1, 0.15) is 11.5 Å². The minimum Gasteiger partial charge on any atom is -0.508 e. The number of phenolic OH excluding ortho intramolecular Hbond substituents is 1. The first-order valence-corrected chi connectivity index (χ1v) is 7.36. The first kappa shape index (κ1) is 17.9. The fourth-order valence-electron chi connectivity index (χ4n) is 2.02. The summed E-state index contributed by atoms with van der Waals surface area (Å²) in [5, 5.41) is 24.0. The molecule has 0 fully saturated rings. The quantitative estimate of drug-likeness (QED) is 0.475. The van der Waals surface area contributed by atoms with Crippen molar-refractivity contribution < 1.29 is 19.6 Å². The molecule has 0 unspecified atom stereocenters. The molecule has 2 N–H and O–H groups in total. The highest BCUT2D eigenvalue weighted by atomic mass is 16.6. The van der Waals surface area contributed by atoms with Gasteiger partial charge in [0.2, 0.25) is 0 Å². The number of phenols is 1. The summed E-state index contributed by atoms with van der Waals surface area (Å²) in [5.74, 6) is -0.0562. The zero-order chi connectivity index (χ0) is 18.4. The lowest BCUT2D eigenvalue weighted by Crippen LogP contribution is -2.24. The topological polar surface area (TPSA) is 114 Å². The molecule has 8 heteroatoms. The van der Waals surface area contributed by atoms with Crippen LogP contribution in [0.15, 0.2) is 41.5 Å². The van der Waals surface area contributed by atoms with Crippen molar-refractivity contribution in [2.75, 3.05) is 6.61 Å². The number of amides is 1. The van der Waals surface area contributed by atoms with Crippen LogP contribution >= 0.6 is 0 Å². The molecular formula is C17H17N3O5. The van der Waals surface area contributed by atoms with Gasteiger partial charge in [0.15, 0.2) is 6.61 Å². The Morgan fingerprint density at radius 2 is 2.08 bits per heavy atom. The van der Waals surface area contributed by atoms with E-state index in [-0.39, 0.29) is 23.6 Å². The van der Waals surface area contributed by atoms with E-state index in [1.54, 1.807) is 0 Å². The maximum atomic E-state index is 11.8. The van der Waals surface area contributed by atoms with Crippen LogP contribution in [0.25, 0.3) is 0 Å². The van der Waals surface area contributed by atoms with Gasteiger partial charge in [-0.25, -0.2) is 5.43 Å². The van der Waals surface area contributed by atoms with Crippen molar-refractivity contribution >= 4 is 17.8 Å². The van der Waals surface area contributed by atoms with Gasteiger partial charge in [0.05, 0.1) is 16.7 Å².